The van der Waals surface area contributed by atoms with Crippen molar-refractivity contribution in [2.45, 2.75) is 78.2 Å². The predicted molar refractivity (Wildman–Crippen MR) is 127 cm³/mol. The topological polar surface area (TPSA) is 27.7 Å². The molecule has 0 radical (unpaired) electrons. The first-order chi connectivity index (χ1) is 14.7. The second-order valence-electron chi connectivity index (χ2n) is 8.02. The Balaban J connectivity index is 1.73. The van der Waals surface area contributed by atoms with Gasteiger partial charge in [0.05, 0.1) is 13.2 Å². The quantitative estimate of drug-likeness (QED) is 0.265. The normalized spacial score (nSPS) is 12.0. The van der Waals surface area contributed by atoms with E-state index in [1.807, 2.05) is 19.1 Å². The van der Waals surface area contributed by atoms with Crippen LogP contribution in [0, 0.1) is 0 Å². The smallest absolute Gasteiger partial charge is 0.119 e. The van der Waals surface area contributed by atoms with Crippen molar-refractivity contribution in [2.75, 3.05) is 19.8 Å². The molecule has 0 aliphatic carbocycles. The summed E-state index contributed by atoms with van der Waals surface area (Å²) in [6, 6.07) is 16.6. The second-order valence-corrected chi connectivity index (χ2v) is 8.02. The molecule has 2 aromatic carbocycles. The molecular formula is C27H40O3. The molecule has 1 atom stereocenters. The van der Waals surface area contributed by atoms with E-state index < -0.39 is 0 Å². The highest BCUT2D eigenvalue weighted by molar-refractivity contribution is 5.64. The van der Waals surface area contributed by atoms with Gasteiger partial charge in [-0.15, -0.1) is 0 Å². The lowest BCUT2D eigenvalue weighted by Crippen LogP contribution is -2.19. The van der Waals surface area contributed by atoms with E-state index in [9.17, 15) is 0 Å². The van der Waals surface area contributed by atoms with Crippen LogP contribution in [-0.4, -0.2) is 25.9 Å². The highest BCUT2D eigenvalue weighted by atomic mass is 16.5. The molecule has 0 saturated heterocycles. The van der Waals surface area contributed by atoms with Crippen molar-refractivity contribution < 1.29 is 14.2 Å². The first kappa shape index (κ1) is 24.3. The van der Waals surface area contributed by atoms with Crippen molar-refractivity contribution in [3.63, 3.8) is 0 Å². The molecule has 0 aliphatic heterocycles. The molecule has 166 valence electrons. The molecule has 3 heteroatoms. The Kier molecular flexibility index (Phi) is 12.1. The molecule has 0 N–H and O–H groups in total. The number of benzene rings is 2. The maximum atomic E-state index is 5.95. The van der Waals surface area contributed by atoms with E-state index in [4.69, 9.17) is 14.2 Å². The monoisotopic (exact) mass is 412 g/mol. The number of rotatable bonds is 16. The van der Waals surface area contributed by atoms with Gasteiger partial charge >= 0.3 is 0 Å². The van der Waals surface area contributed by atoms with Gasteiger partial charge in [0, 0.05) is 6.61 Å². The van der Waals surface area contributed by atoms with Crippen LogP contribution in [-0.2, 0) is 4.74 Å². The van der Waals surface area contributed by atoms with Gasteiger partial charge in [0.1, 0.15) is 17.6 Å². The van der Waals surface area contributed by atoms with Gasteiger partial charge in [-0.1, -0.05) is 76.6 Å². The van der Waals surface area contributed by atoms with Crippen molar-refractivity contribution in [3.8, 4) is 22.6 Å². The third-order valence-corrected chi connectivity index (χ3v) is 5.14. The zero-order valence-corrected chi connectivity index (χ0v) is 19.2. The molecule has 0 heterocycles. The lowest BCUT2D eigenvalue weighted by atomic mass is 10.1. The van der Waals surface area contributed by atoms with E-state index in [2.05, 4.69) is 50.2 Å². The van der Waals surface area contributed by atoms with Crippen LogP contribution in [0.3, 0.4) is 0 Å². The molecule has 0 amide bonds. The summed E-state index contributed by atoms with van der Waals surface area (Å²) in [7, 11) is 0. The van der Waals surface area contributed by atoms with Gasteiger partial charge in [0.25, 0.3) is 0 Å². The van der Waals surface area contributed by atoms with Gasteiger partial charge in [-0.3, -0.25) is 0 Å². The minimum atomic E-state index is 0.0517. The van der Waals surface area contributed by atoms with Crippen LogP contribution in [0.1, 0.15) is 72.1 Å². The summed E-state index contributed by atoms with van der Waals surface area (Å²) in [4.78, 5) is 0. The molecule has 0 saturated carbocycles. The van der Waals surface area contributed by atoms with Gasteiger partial charge in [0.2, 0.25) is 0 Å². The molecule has 1 unspecified atom stereocenters. The molecule has 3 nitrogen and oxygen atoms in total. The van der Waals surface area contributed by atoms with Gasteiger partial charge < -0.3 is 14.2 Å². The number of hydrogen-bond acceptors (Lipinski definition) is 3. The van der Waals surface area contributed by atoms with Crippen LogP contribution >= 0.6 is 0 Å². The molecule has 30 heavy (non-hydrogen) atoms. The summed E-state index contributed by atoms with van der Waals surface area (Å²) in [5, 5.41) is 0. The van der Waals surface area contributed by atoms with Crippen molar-refractivity contribution in [1.29, 1.82) is 0 Å². The fourth-order valence-electron chi connectivity index (χ4n) is 3.30. The summed E-state index contributed by atoms with van der Waals surface area (Å²) >= 11 is 0. The lowest BCUT2D eigenvalue weighted by Gasteiger charge is -2.15. The summed E-state index contributed by atoms with van der Waals surface area (Å²) in [6.07, 6.45) is 10.0. The third kappa shape index (κ3) is 9.67. The number of unbranched alkanes of at least 4 members (excludes halogenated alkanes) is 6. The minimum Gasteiger partial charge on any atom is -0.494 e. The summed E-state index contributed by atoms with van der Waals surface area (Å²) < 4.78 is 17.5. The first-order valence-corrected chi connectivity index (χ1v) is 11.8. The van der Waals surface area contributed by atoms with E-state index in [-0.39, 0.29) is 6.10 Å². The maximum absolute atomic E-state index is 5.95. The zero-order chi connectivity index (χ0) is 21.4. The molecule has 0 aliphatic rings. The van der Waals surface area contributed by atoms with Gasteiger partial charge in [-0.2, -0.15) is 0 Å². The molecule has 0 spiro atoms. The van der Waals surface area contributed by atoms with E-state index in [1.54, 1.807) is 0 Å². The zero-order valence-electron chi connectivity index (χ0n) is 19.2. The van der Waals surface area contributed by atoms with Crippen LogP contribution in [0.5, 0.6) is 11.5 Å². The molecule has 0 aromatic heterocycles. The Bertz CT molecular complexity index is 664. The van der Waals surface area contributed by atoms with E-state index in [0.717, 1.165) is 44.0 Å². The van der Waals surface area contributed by atoms with E-state index >= 15 is 0 Å². The Morgan fingerprint density at radius 1 is 0.633 bits per heavy atom. The van der Waals surface area contributed by atoms with Crippen LogP contribution in [0.2, 0.25) is 0 Å². The average molecular weight is 413 g/mol. The largest absolute Gasteiger partial charge is 0.494 e. The second kappa shape index (κ2) is 14.9. The van der Waals surface area contributed by atoms with Crippen molar-refractivity contribution in [2.24, 2.45) is 0 Å². The van der Waals surface area contributed by atoms with Crippen LogP contribution in [0.15, 0.2) is 48.5 Å². The van der Waals surface area contributed by atoms with Crippen LogP contribution in [0.25, 0.3) is 11.1 Å². The molecular weight excluding hydrogens is 372 g/mol. The lowest BCUT2D eigenvalue weighted by molar-refractivity contribution is 0.0572. The first-order valence-electron chi connectivity index (χ1n) is 11.8. The highest BCUT2D eigenvalue weighted by Gasteiger charge is 2.05. The van der Waals surface area contributed by atoms with Crippen molar-refractivity contribution >= 4 is 0 Å². The molecule has 0 fully saturated rings. The Morgan fingerprint density at radius 2 is 1.20 bits per heavy atom. The third-order valence-electron chi connectivity index (χ3n) is 5.14. The van der Waals surface area contributed by atoms with Crippen molar-refractivity contribution in [3.05, 3.63) is 48.5 Å². The van der Waals surface area contributed by atoms with Gasteiger partial charge in [-0.25, -0.2) is 0 Å². The number of hydrogen-bond donors (Lipinski definition) is 0. The fraction of sp³-hybridized carbons (Fsp3) is 0.556. The molecule has 0 bridgehead atoms. The maximum Gasteiger partial charge on any atom is 0.119 e. The van der Waals surface area contributed by atoms with Crippen molar-refractivity contribution in [1.82, 2.24) is 0 Å². The molecule has 2 rings (SSSR count). The van der Waals surface area contributed by atoms with E-state index in [1.165, 1.54) is 43.2 Å². The fourth-order valence-corrected chi connectivity index (χ4v) is 3.30. The summed E-state index contributed by atoms with van der Waals surface area (Å²) in [6.45, 7) is 8.70. The molecule has 2 aromatic rings. The SMILES string of the molecule is CCCCCCCCOc1ccc(-c2ccc(OC(C)COCCCC)cc2)cc1. The summed E-state index contributed by atoms with van der Waals surface area (Å²) in [5.74, 6) is 1.83. The highest BCUT2D eigenvalue weighted by Crippen LogP contribution is 2.25. The van der Waals surface area contributed by atoms with Gasteiger partial charge in [-0.05, 0) is 55.2 Å². The Morgan fingerprint density at radius 3 is 1.83 bits per heavy atom. The Hall–Kier alpha value is -2.00. The predicted octanol–water partition coefficient (Wildman–Crippen LogP) is 7.68. The Labute approximate surface area is 183 Å². The van der Waals surface area contributed by atoms with Gasteiger partial charge in [0.15, 0.2) is 0 Å². The standard InChI is InChI=1S/C27H40O3/c1-4-6-8-9-10-11-21-29-26-16-12-24(13-17-26)25-14-18-27(19-15-25)30-23(3)22-28-20-7-5-2/h12-19,23H,4-11,20-22H2,1-3H3. The average Bonchev–Trinajstić information content (AvgIpc) is 2.77. The van der Waals surface area contributed by atoms with Crippen LogP contribution in [0.4, 0.5) is 0 Å². The van der Waals surface area contributed by atoms with E-state index in [0.29, 0.717) is 6.61 Å². The minimum absolute atomic E-state index is 0.0517. The summed E-state index contributed by atoms with van der Waals surface area (Å²) in [5.41, 5.74) is 2.36. The van der Waals surface area contributed by atoms with Crippen LogP contribution < -0.4 is 9.47 Å². The number of ether oxygens (including phenoxy) is 3.